The zero-order chi connectivity index (χ0) is 27.5. The van der Waals surface area contributed by atoms with E-state index in [1.807, 2.05) is 27.7 Å². The summed E-state index contributed by atoms with van der Waals surface area (Å²) in [5.41, 5.74) is -2.00. The molecule has 0 aliphatic carbocycles. The second kappa shape index (κ2) is 11.7. The molecule has 3 fully saturated rings. The van der Waals surface area contributed by atoms with Gasteiger partial charge in [-0.2, -0.15) is 0 Å². The van der Waals surface area contributed by atoms with Crippen LogP contribution in [0.1, 0.15) is 73.1 Å². The lowest BCUT2D eigenvalue weighted by Gasteiger charge is -2.42. The summed E-state index contributed by atoms with van der Waals surface area (Å²) in [6, 6.07) is -1.56. The van der Waals surface area contributed by atoms with Gasteiger partial charge in [0.05, 0.1) is 24.2 Å². The second-order valence-electron chi connectivity index (χ2n) is 11.0. The Morgan fingerprint density at radius 2 is 1.95 bits per heavy atom. The molecule has 0 saturated carbocycles. The molecule has 3 aliphatic rings. The second-order valence-corrected chi connectivity index (χ2v) is 11.0. The van der Waals surface area contributed by atoms with Gasteiger partial charge in [0, 0.05) is 12.6 Å². The minimum atomic E-state index is -1.14. The average Bonchev–Trinajstić information content (AvgIpc) is 3.49. The molecule has 3 unspecified atom stereocenters. The fourth-order valence-corrected chi connectivity index (χ4v) is 7.05. The number of carbonyl (C=O) groups excluding carboxylic acids is 3. The number of nitrogens with zero attached hydrogens (tertiary/aromatic N) is 2. The molecule has 2 amide bonds. The van der Waals surface area contributed by atoms with Crippen LogP contribution >= 0.6 is 0 Å². The zero-order valence-corrected chi connectivity index (χ0v) is 23.3. The number of hydrogen-bond acceptors (Lipinski definition) is 6. The van der Waals surface area contributed by atoms with Gasteiger partial charge in [0.15, 0.2) is 0 Å². The van der Waals surface area contributed by atoms with E-state index in [-0.39, 0.29) is 37.0 Å². The standard InChI is InChI=1S/C29H46N2O6/c1-8-13-20(7)30(16-9-2)26(34)24-29-15-14-28(12-5,37-29)23(27(35)36-17-10-3)22(29)25(33)31(24)21(18-32)19(6)11-4/h9-10,19-24,32H,2-3,8,11-18H2,1,4-7H3/t19-,20?,21-,22-,23+,24?,28-,29?/m0/s1. The largest absolute Gasteiger partial charge is 0.461 e. The Hall–Kier alpha value is -2.19. The van der Waals surface area contributed by atoms with E-state index in [0.717, 1.165) is 19.3 Å². The number of aliphatic hydroxyl groups excluding tert-OH is 1. The lowest BCUT2D eigenvalue weighted by atomic mass is 9.65. The molecule has 3 heterocycles. The van der Waals surface area contributed by atoms with Crippen molar-refractivity contribution in [3.63, 3.8) is 0 Å². The first kappa shape index (κ1) is 29.4. The van der Waals surface area contributed by atoms with Crippen LogP contribution in [-0.4, -0.2) is 81.8 Å². The summed E-state index contributed by atoms with van der Waals surface area (Å²) in [4.78, 5) is 45.6. The predicted molar refractivity (Wildman–Crippen MR) is 141 cm³/mol. The summed E-state index contributed by atoms with van der Waals surface area (Å²) in [6.45, 7) is 17.6. The van der Waals surface area contributed by atoms with Gasteiger partial charge in [0.25, 0.3) is 0 Å². The smallest absolute Gasteiger partial charge is 0.313 e. The monoisotopic (exact) mass is 518 g/mol. The van der Waals surface area contributed by atoms with Crippen LogP contribution in [0.3, 0.4) is 0 Å². The van der Waals surface area contributed by atoms with Gasteiger partial charge in [-0.05, 0) is 38.5 Å². The molecule has 208 valence electrons. The maximum Gasteiger partial charge on any atom is 0.313 e. The van der Waals surface area contributed by atoms with E-state index in [2.05, 4.69) is 20.1 Å². The number of aliphatic hydroxyl groups is 1. The van der Waals surface area contributed by atoms with Gasteiger partial charge in [-0.15, -0.1) is 6.58 Å². The van der Waals surface area contributed by atoms with Gasteiger partial charge in [-0.3, -0.25) is 14.4 Å². The predicted octanol–water partition coefficient (Wildman–Crippen LogP) is 3.48. The van der Waals surface area contributed by atoms with Crippen LogP contribution in [0.4, 0.5) is 0 Å². The van der Waals surface area contributed by atoms with E-state index in [9.17, 15) is 19.5 Å². The van der Waals surface area contributed by atoms with Crippen molar-refractivity contribution in [1.82, 2.24) is 9.80 Å². The van der Waals surface area contributed by atoms with Crippen molar-refractivity contribution < 1.29 is 29.0 Å². The Bertz CT molecular complexity index is 892. The zero-order valence-electron chi connectivity index (χ0n) is 23.3. The van der Waals surface area contributed by atoms with Gasteiger partial charge < -0.3 is 24.4 Å². The highest BCUT2D eigenvalue weighted by Crippen LogP contribution is 2.65. The van der Waals surface area contributed by atoms with E-state index < -0.39 is 41.1 Å². The fraction of sp³-hybridized carbons (Fsp3) is 0.759. The Balaban J connectivity index is 2.18. The molecule has 1 spiro atoms. The Labute approximate surface area is 222 Å². The van der Waals surface area contributed by atoms with Crippen molar-refractivity contribution in [2.24, 2.45) is 17.8 Å². The minimum absolute atomic E-state index is 0.0445. The lowest BCUT2D eigenvalue weighted by Crippen LogP contribution is -2.61. The Kier molecular flexibility index (Phi) is 9.27. The third kappa shape index (κ3) is 4.65. The molecule has 0 radical (unpaired) electrons. The number of esters is 1. The first-order chi connectivity index (χ1) is 17.6. The van der Waals surface area contributed by atoms with E-state index in [1.165, 1.54) is 6.08 Å². The summed E-state index contributed by atoms with van der Waals surface area (Å²) in [7, 11) is 0. The number of fused-ring (bicyclic) bond motifs is 1. The highest BCUT2D eigenvalue weighted by Gasteiger charge is 2.79. The normalized spacial score (nSPS) is 32.5. The molecule has 0 aromatic heterocycles. The van der Waals surface area contributed by atoms with Gasteiger partial charge in [-0.25, -0.2) is 0 Å². The molecule has 8 heteroatoms. The molecular weight excluding hydrogens is 472 g/mol. The van der Waals surface area contributed by atoms with Gasteiger partial charge in [0.1, 0.15) is 24.2 Å². The molecule has 3 aliphatic heterocycles. The van der Waals surface area contributed by atoms with Crippen LogP contribution in [0.15, 0.2) is 25.3 Å². The SMILES string of the molecule is C=CCOC(=O)[C@H]1[C@H]2C(=O)N([C@@H](CO)[C@@H](C)CC)C(C(=O)N(CC=C)C(C)CCC)C23CC[C@]1(CC)O3. The third-order valence-electron chi connectivity index (χ3n) is 9.14. The number of ether oxygens (including phenoxy) is 2. The van der Waals surface area contributed by atoms with Crippen LogP contribution in [-0.2, 0) is 23.9 Å². The molecule has 0 aromatic carbocycles. The Morgan fingerprint density at radius 1 is 1.24 bits per heavy atom. The number of hydrogen-bond donors (Lipinski definition) is 1. The summed E-state index contributed by atoms with van der Waals surface area (Å²) < 4.78 is 12.3. The molecule has 8 atom stereocenters. The molecule has 3 saturated heterocycles. The number of rotatable bonds is 14. The van der Waals surface area contributed by atoms with E-state index in [4.69, 9.17) is 9.47 Å². The van der Waals surface area contributed by atoms with Gasteiger partial charge >= 0.3 is 5.97 Å². The maximum atomic E-state index is 14.5. The molecule has 37 heavy (non-hydrogen) atoms. The average molecular weight is 519 g/mol. The lowest BCUT2D eigenvalue weighted by molar-refractivity contribution is -0.164. The molecule has 3 rings (SSSR count). The van der Waals surface area contributed by atoms with Gasteiger partial charge in [0.2, 0.25) is 11.8 Å². The van der Waals surface area contributed by atoms with Crippen LogP contribution in [0, 0.1) is 17.8 Å². The van der Waals surface area contributed by atoms with Crippen molar-refractivity contribution in [3.8, 4) is 0 Å². The van der Waals surface area contributed by atoms with Crippen molar-refractivity contribution >= 4 is 17.8 Å². The minimum Gasteiger partial charge on any atom is -0.461 e. The van der Waals surface area contributed by atoms with Crippen LogP contribution in [0.5, 0.6) is 0 Å². The Morgan fingerprint density at radius 3 is 2.49 bits per heavy atom. The first-order valence-corrected chi connectivity index (χ1v) is 14.0. The van der Waals surface area contributed by atoms with Crippen molar-refractivity contribution in [2.45, 2.75) is 102 Å². The first-order valence-electron chi connectivity index (χ1n) is 14.0. The fourth-order valence-electron chi connectivity index (χ4n) is 7.05. The number of likely N-dealkylation sites (tertiary alicyclic amines) is 1. The molecule has 8 nitrogen and oxygen atoms in total. The molecular formula is C29H46N2O6. The highest BCUT2D eigenvalue weighted by molar-refractivity contribution is 5.99. The van der Waals surface area contributed by atoms with Crippen molar-refractivity contribution in [2.75, 3.05) is 19.8 Å². The molecule has 2 bridgehead atoms. The van der Waals surface area contributed by atoms with E-state index in [0.29, 0.717) is 25.8 Å². The van der Waals surface area contributed by atoms with Crippen LogP contribution in [0.2, 0.25) is 0 Å². The number of carbonyl (C=O) groups is 3. The van der Waals surface area contributed by atoms with Gasteiger partial charge in [-0.1, -0.05) is 59.3 Å². The molecule has 1 N–H and O–H groups in total. The topological polar surface area (TPSA) is 96.4 Å². The quantitative estimate of drug-likeness (QED) is 0.279. The van der Waals surface area contributed by atoms with Crippen LogP contribution < -0.4 is 0 Å². The summed E-state index contributed by atoms with van der Waals surface area (Å²) in [5.74, 6) is -2.68. The maximum absolute atomic E-state index is 14.5. The van der Waals surface area contributed by atoms with Crippen molar-refractivity contribution in [3.05, 3.63) is 25.3 Å². The summed E-state index contributed by atoms with van der Waals surface area (Å²) in [5, 5.41) is 10.5. The molecule has 0 aromatic rings. The van der Waals surface area contributed by atoms with Crippen molar-refractivity contribution in [1.29, 1.82) is 0 Å². The summed E-state index contributed by atoms with van der Waals surface area (Å²) >= 11 is 0. The highest BCUT2D eigenvalue weighted by atomic mass is 16.6. The number of amides is 2. The van der Waals surface area contributed by atoms with E-state index >= 15 is 0 Å². The summed E-state index contributed by atoms with van der Waals surface area (Å²) in [6.07, 6.45) is 7.24. The van der Waals surface area contributed by atoms with Crippen LogP contribution in [0.25, 0.3) is 0 Å². The van der Waals surface area contributed by atoms with E-state index in [1.54, 1.807) is 15.9 Å². The third-order valence-corrected chi connectivity index (χ3v) is 9.14.